The topological polar surface area (TPSA) is 60.9 Å². The van der Waals surface area contributed by atoms with E-state index < -0.39 is 0 Å². The van der Waals surface area contributed by atoms with Crippen molar-refractivity contribution in [2.45, 2.75) is 32.8 Å². The fourth-order valence-electron chi connectivity index (χ4n) is 2.97. The number of benzene rings is 1. The summed E-state index contributed by atoms with van der Waals surface area (Å²) < 4.78 is 17.0. The number of aromatic nitrogens is 1. The molecular formula is C21H26N2O4. The standard InChI is InChI=1S/C21H26N2O4/c1-3-25-17-6-8-18(9-7-17)26-15-21(24)23-12-10-19(11-13-23)27-20-5-4-16(2)22-14-20/h4-9,14,19H,3,10-13,15H2,1-2H3. The Morgan fingerprint density at radius 2 is 1.67 bits per heavy atom. The van der Waals surface area contributed by atoms with Gasteiger partial charge in [0, 0.05) is 31.6 Å². The summed E-state index contributed by atoms with van der Waals surface area (Å²) in [6.07, 6.45) is 3.48. The van der Waals surface area contributed by atoms with Gasteiger partial charge in [-0.05, 0) is 50.2 Å². The van der Waals surface area contributed by atoms with Crippen LogP contribution in [-0.2, 0) is 4.79 Å². The maximum Gasteiger partial charge on any atom is 0.260 e. The molecule has 6 heteroatoms. The van der Waals surface area contributed by atoms with Gasteiger partial charge in [-0.25, -0.2) is 0 Å². The van der Waals surface area contributed by atoms with Crippen LogP contribution in [0.3, 0.4) is 0 Å². The molecule has 0 saturated carbocycles. The lowest BCUT2D eigenvalue weighted by Crippen LogP contribution is -2.43. The zero-order chi connectivity index (χ0) is 19.1. The van der Waals surface area contributed by atoms with Crippen molar-refractivity contribution in [2.24, 2.45) is 0 Å². The molecular weight excluding hydrogens is 344 g/mol. The average Bonchev–Trinajstić information content (AvgIpc) is 2.70. The first-order valence-corrected chi connectivity index (χ1v) is 9.37. The van der Waals surface area contributed by atoms with Gasteiger partial charge in [-0.1, -0.05) is 0 Å². The van der Waals surface area contributed by atoms with Crippen LogP contribution < -0.4 is 14.2 Å². The highest BCUT2D eigenvalue weighted by atomic mass is 16.5. The predicted octanol–water partition coefficient (Wildman–Crippen LogP) is 3.24. The van der Waals surface area contributed by atoms with Crippen LogP contribution in [0.5, 0.6) is 17.2 Å². The molecule has 27 heavy (non-hydrogen) atoms. The third-order valence-electron chi connectivity index (χ3n) is 4.48. The van der Waals surface area contributed by atoms with Gasteiger partial charge in [0.2, 0.25) is 0 Å². The molecule has 3 rings (SSSR count). The Balaban J connectivity index is 1.40. The summed E-state index contributed by atoms with van der Waals surface area (Å²) in [4.78, 5) is 18.4. The van der Waals surface area contributed by atoms with Gasteiger partial charge in [0.25, 0.3) is 5.91 Å². The summed E-state index contributed by atoms with van der Waals surface area (Å²) >= 11 is 0. The quantitative estimate of drug-likeness (QED) is 0.749. The minimum absolute atomic E-state index is 0.000614. The van der Waals surface area contributed by atoms with E-state index in [-0.39, 0.29) is 18.6 Å². The zero-order valence-electron chi connectivity index (χ0n) is 15.9. The molecule has 1 aliphatic rings. The number of carbonyl (C=O) groups excluding carboxylic acids is 1. The number of nitrogens with zero attached hydrogens (tertiary/aromatic N) is 2. The number of hydrogen-bond donors (Lipinski definition) is 0. The molecule has 1 aromatic carbocycles. The van der Waals surface area contributed by atoms with Crippen molar-refractivity contribution < 1.29 is 19.0 Å². The van der Waals surface area contributed by atoms with Gasteiger partial charge in [0.1, 0.15) is 23.4 Å². The second-order valence-electron chi connectivity index (χ2n) is 6.53. The fourth-order valence-corrected chi connectivity index (χ4v) is 2.97. The summed E-state index contributed by atoms with van der Waals surface area (Å²) in [5, 5.41) is 0. The Morgan fingerprint density at radius 3 is 2.26 bits per heavy atom. The highest BCUT2D eigenvalue weighted by Gasteiger charge is 2.24. The molecule has 0 N–H and O–H groups in total. The minimum Gasteiger partial charge on any atom is -0.494 e. The third kappa shape index (κ3) is 5.61. The highest BCUT2D eigenvalue weighted by Crippen LogP contribution is 2.20. The number of likely N-dealkylation sites (tertiary alicyclic amines) is 1. The Morgan fingerprint density at radius 1 is 1.04 bits per heavy atom. The van der Waals surface area contributed by atoms with Gasteiger partial charge in [-0.15, -0.1) is 0 Å². The molecule has 0 atom stereocenters. The Labute approximate surface area is 160 Å². The summed E-state index contributed by atoms with van der Waals surface area (Å²) in [5.41, 5.74) is 0.968. The molecule has 1 aromatic heterocycles. The van der Waals surface area contributed by atoms with E-state index in [1.807, 2.05) is 55.1 Å². The molecule has 1 saturated heterocycles. The lowest BCUT2D eigenvalue weighted by molar-refractivity contribution is -0.135. The first-order chi connectivity index (χ1) is 13.1. The minimum atomic E-state index is -0.000614. The molecule has 0 bridgehead atoms. The number of piperidine rings is 1. The third-order valence-corrected chi connectivity index (χ3v) is 4.48. The van der Waals surface area contributed by atoms with Crippen LogP contribution in [0.15, 0.2) is 42.6 Å². The SMILES string of the molecule is CCOc1ccc(OCC(=O)N2CCC(Oc3ccc(C)nc3)CC2)cc1. The van der Waals surface area contributed by atoms with Crippen molar-refractivity contribution in [1.82, 2.24) is 9.88 Å². The largest absolute Gasteiger partial charge is 0.494 e. The van der Waals surface area contributed by atoms with Crippen LogP contribution >= 0.6 is 0 Å². The van der Waals surface area contributed by atoms with Crippen LogP contribution in [0.4, 0.5) is 0 Å². The molecule has 0 unspecified atom stereocenters. The molecule has 1 fully saturated rings. The second-order valence-corrected chi connectivity index (χ2v) is 6.53. The van der Waals surface area contributed by atoms with E-state index in [4.69, 9.17) is 14.2 Å². The van der Waals surface area contributed by atoms with Crippen molar-refractivity contribution in [3.63, 3.8) is 0 Å². The van der Waals surface area contributed by atoms with Crippen LogP contribution in [0.1, 0.15) is 25.5 Å². The highest BCUT2D eigenvalue weighted by molar-refractivity contribution is 5.77. The number of rotatable bonds is 7. The van der Waals surface area contributed by atoms with Gasteiger partial charge in [0.15, 0.2) is 6.61 Å². The lowest BCUT2D eigenvalue weighted by atomic mass is 10.1. The molecule has 6 nitrogen and oxygen atoms in total. The molecule has 0 aliphatic carbocycles. The second kappa shape index (κ2) is 9.26. The molecule has 2 aromatic rings. The van der Waals surface area contributed by atoms with Crippen molar-refractivity contribution >= 4 is 5.91 Å². The van der Waals surface area contributed by atoms with Gasteiger partial charge in [-0.3, -0.25) is 9.78 Å². The zero-order valence-corrected chi connectivity index (χ0v) is 15.9. The van der Waals surface area contributed by atoms with Crippen molar-refractivity contribution in [3.8, 4) is 17.2 Å². The lowest BCUT2D eigenvalue weighted by Gasteiger charge is -2.32. The van der Waals surface area contributed by atoms with Gasteiger partial charge in [0.05, 0.1) is 12.8 Å². The molecule has 144 valence electrons. The van der Waals surface area contributed by atoms with E-state index in [0.717, 1.165) is 30.0 Å². The molecule has 0 radical (unpaired) electrons. The number of ether oxygens (including phenoxy) is 3. The van der Waals surface area contributed by atoms with E-state index in [1.54, 1.807) is 6.20 Å². The first kappa shape index (κ1) is 19.0. The van der Waals surface area contributed by atoms with Gasteiger partial charge in [-0.2, -0.15) is 0 Å². The summed E-state index contributed by atoms with van der Waals surface area (Å²) in [5.74, 6) is 2.24. The Kier molecular flexibility index (Phi) is 6.52. The maximum atomic E-state index is 12.4. The number of carbonyl (C=O) groups is 1. The van der Waals surface area contributed by atoms with E-state index in [0.29, 0.717) is 25.4 Å². The van der Waals surface area contributed by atoms with Crippen LogP contribution in [-0.4, -0.2) is 48.2 Å². The van der Waals surface area contributed by atoms with Gasteiger partial charge >= 0.3 is 0 Å². The average molecular weight is 370 g/mol. The van der Waals surface area contributed by atoms with E-state index >= 15 is 0 Å². The van der Waals surface area contributed by atoms with Gasteiger partial charge < -0.3 is 19.1 Å². The van der Waals surface area contributed by atoms with E-state index in [2.05, 4.69) is 4.98 Å². The van der Waals surface area contributed by atoms with E-state index in [9.17, 15) is 4.79 Å². The summed E-state index contributed by atoms with van der Waals surface area (Å²) in [6.45, 7) is 5.91. The number of pyridine rings is 1. The summed E-state index contributed by atoms with van der Waals surface area (Å²) in [7, 11) is 0. The maximum absolute atomic E-state index is 12.4. The summed E-state index contributed by atoms with van der Waals surface area (Å²) in [6, 6.07) is 11.2. The van der Waals surface area contributed by atoms with Crippen LogP contribution in [0.2, 0.25) is 0 Å². The number of aryl methyl sites for hydroxylation is 1. The number of amides is 1. The molecule has 1 amide bonds. The number of hydrogen-bond acceptors (Lipinski definition) is 5. The van der Waals surface area contributed by atoms with Crippen molar-refractivity contribution in [2.75, 3.05) is 26.3 Å². The van der Waals surface area contributed by atoms with Crippen LogP contribution in [0, 0.1) is 6.92 Å². The smallest absolute Gasteiger partial charge is 0.260 e. The Hall–Kier alpha value is -2.76. The molecule has 0 spiro atoms. The molecule has 1 aliphatic heterocycles. The molecule has 2 heterocycles. The Bertz CT molecular complexity index is 723. The monoisotopic (exact) mass is 370 g/mol. The van der Waals surface area contributed by atoms with Crippen molar-refractivity contribution in [1.29, 1.82) is 0 Å². The first-order valence-electron chi connectivity index (χ1n) is 9.37. The predicted molar refractivity (Wildman–Crippen MR) is 102 cm³/mol. The van der Waals surface area contributed by atoms with E-state index in [1.165, 1.54) is 0 Å². The normalized spacial score (nSPS) is 14.7. The van der Waals surface area contributed by atoms with Crippen LogP contribution in [0.25, 0.3) is 0 Å². The fraction of sp³-hybridized carbons (Fsp3) is 0.429. The van der Waals surface area contributed by atoms with Crippen molar-refractivity contribution in [3.05, 3.63) is 48.3 Å².